The third-order valence-electron chi connectivity index (χ3n) is 3.74. The van der Waals surface area contributed by atoms with Gasteiger partial charge in [0.25, 0.3) is 0 Å². The molecule has 1 aliphatic rings. The van der Waals surface area contributed by atoms with E-state index in [0.29, 0.717) is 6.54 Å². The van der Waals surface area contributed by atoms with Crippen LogP contribution < -0.4 is 5.32 Å². The van der Waals surface area contributed by atoms with Crippen LogP contribution in [0.4, 0.5) is 0 Å². The number of hydrogen-bond acceptors (Lipinski definition) is 5. The van der Waals surface area contributed by atoms with Gasteiger partial charge in [-0.3, -0.25) is 4.99 Å². The van der Waals surface area contributed by atoms with E-state index in [9.17, 15) is 5.11 Å². The number of aromatic hydroxyl groups is 1. The third-order valence-corrected chi connectivity index (χ3v) is 5.11. The molecule has 2 rings (SSSR count). The van der Waals surface area contributed by atoms with Crippen LogP contribution in [0, 0.1) is 0 Å². The molecule has 1 aromatic rings. The minimum Gasteiger partial charge on any atom is -0.507 e. The average Bonchev–Trinajstić information content (AvgIpc) is 2.99. The van der Waals surface area contributed by atoms with Crippen LogP contribution in [0.15, 0.2) is 40.5 Å². The van der Waals surface area contributed by atoms with E-state index in [1.807, 2.05) is 31.4 Å². The number of phenolic OH excluding ortho intramolecular Hbond substituents is 1. The molecule has 118 valence electrons. The number of nitrogens with one attached hydrogen (secondary N) is 1. The Morgan fingerprint density at radius 2 is 2.14 bits per heavy atom. The van der Waals surface area contributed by atoms with Gasteiger partial charge in [-0.05, 0) is 50.1 Å². The Labute approximate surface area is 141 Å². The van der Waals surface area contributed by atoms with E-state index in [-0.39, 0.29) is 5.75 Å². The van der Waals surface area contributed by atoms with Crippen molar-refractivity contribution in [2.75, 3.05) is 19.3 Å². The fourth-order valence-electron chi connectivity index (χ4n) is 2.58. The molecule has 0 amide bonds. The molecule has 0 spiro atoms. The predicted molar refractivity (Wildman–Crippen MR) is 100 cm³/mol. The third kappa shape index (κ3) is 4.34. The maximum Gasteiger partial charge on any atom is 0.124 e. The highest BCUT2D eigenvalue weighted by molar-refractivity contribution is 8.23. The lowest BCUT2D eigenvalue weighted by Gasteiger charge is -2.10. The van der Waals surface area contributed by atoms with E-state index in [2.05, 4.69) is 10.3 Å². The summed E-state index contributed by atoms with van der Waals surface area (Å²) >= 11 is 7.05. The monoisotopic (exact) mass is 334 g/mol. The van der Waals surface area contributed by atoms with Crippen molar-refractivity contribution in [1.82, 2.24) is 5.32 Å². The van der Waals surface area contributed by atoms with Gasteiger partial charge in [-0.1, -0.05) is 24.4 Å². The van der Waals surface area contributed by atoms with Gasteiger partial charge in [0.05, 0.1) is 10.7 Å². The zero-order chi connectivity index (χ0) is 15.9. The van der Waals surface area contributed by atoms with Crippen molar-refractivity contribution < 1.29 is 5.11 Å². The number of aliphatic imine (C=N–C) groups is 1. The van der Waals surface area contributed by atoms with E-state index in [4.69, 9.17) is 12.2 Å². The molecule has 2 N–H and O–H groups in total. The molecule has 0 aliphatic heterocycles. The summed E-state index contributed by atoms with van der Waals surface area (Å²) in [7, 11) is 0. The summed E-state index contributed by atoms with van der Waals surface area (Å²) in [6.07, 6.45) is 5.38. The number of para-hydroxylation sites is 1. The summed E-state index contributed by atoms with van der Waals surface area (Å²) in [5, 5.41) is 13.3. The molecule has 0 fully saturated rings. The molecular formula is C17H22N2OS2. The maximum absolute atomic E-state index is 9.81. The summed E-state index contributed by atoms with van der Waals surface area (Å²) in [4.78, 5) is 4.54. The first-order chi connectivity index (χ1) is 10.6. The standard InChI is InChI=1S/C17H22N2OS2/c1-12(13-6-3-4-9-16(13)20)18-10-11-19-15-8-5-7-14(15)17(21)22-2/h3-4,6,9,19-20H,5,7-8,10-11H2,1-2H3. The zero-order valence-electron chi connectivity index (χ0n) is 13.1. The molecule has 3 nitrogen and oxygen atoms in total. The van der Waals surface area contributed by atoms with Crippen molar-refractivity contribution in [2.24, 2.45) is 4.99 Å². The van der Waals surface area contributed by atoms with Gasteiger partial charge in [-0.25, -0.2) is 0 Å². The van der Waals surface area contributed by atoms with Gasteiger partial charge in [0, 0.05) is 23.5 Å². The van der Waals surface area contributed by atoms with E-state index in [1.54, 1.807) is 17.8 Å². The Hall–Kier alpha value is -1.33. The molecule has 0 bridgehead atoms. The topological polar surface area (TPSA) is 44.6 Å². The van der Waals surface area contributed by atoms with Crippen LogP contribution in [-0.2, 0) is 0 Å². The van der Waals surface area contributed by atoms with Gasteiger partial charge in [0.2, 0.25) is 0 Å². The van der Waals surface area contributed by atoms with Gasteiger partial charge >= 0.3 is 0 Å². The Morgan fingerprint density at radius 3 is 2.86 bits per heavy atom. The minimum atomic E-state index is 0.280. The molecule has 0 aromatic heterocycles. The van der Waals surface area contributed by atoms with Crippen LogP contribution in [0.1, 0.15) is 31.7 Å². The van der Waals surface area contributed by atoms with Gasteiger partial charge < -0.3 is 10.4 Å². The molecule has 1 aliphatic carbocycles. The summed E-state index contributed by atoms with van der Waals surface area (Å²) < 4.78 is 1.01. The van der Waals surface area contributed by atoms with Gasteiger partial charge in [0.1, 0.15) is 5.75 Å². The molecule has 0 saturated carbocycles. The van der Waals surface area contributed by atoms with Crippen LogP contribution >= 0.6 is 24.0 Å². The highest BCUT2D eigenvalue weighted by Crippen LogP contribution is 2.28. The molecular weight excluding hydrogens is 312 g/mol. The highest BCUT2D eigenvalue weighted by atomic mass is 32.2. The number of benzene rings is 1. The summed E-state index contributed by atoms with van der Waals surface area (Å²) in [6, 6.07) is 7.30. The molecule has 0 unspecified atom stereocenters. The lowest BCUT2D eigenvalue weighted by atomic mass is 10.1. The van der Waals surface area contributed by atoms with Crippen molar-refractivity contribution in [3.8, 4) is 5.75 Å². The molecule has 0 atom stereocenters. The Morgan fingerprint density at radius 1 is 1.36 bits per heavy atom. The second-order valence-electron chi connectivity index (χ2n) is 5.21. The quantitative estimate of drug-likeness (QED) is 0.470. The van der Waals surface area contributed by atoms with Crippen LogP contribution in [0.5, 0.6) is 5.75 Å². The van der Waals surface area contributed by atoms with Crippen LogP contribution in [0.3, 0.4) is 0 Å². The SMILES string of the molecule is CSC(=S)C1=C(NCCN=C(C)c2ccccc2O)CCC1. The first-order valence-corrected chi connectivity index (χ1v) is 9.10. The van der Waals surface area contributed by atoms with E-state index < -0.39 is 0 Å². The Balaban J connectivity index is 1.90. The fourth-order valence-corrected chi connectivity index (χ4v) is 3.28. The number of phenols is 1. The van der Waals surface area contributed by atoms with E-state index >= 15 is 0 Å². The Bertz CT molecular complexity index is 608. The van der Waals surface area contributed by atoms with Gasteiger partial charge in [0.15, 0.2) is 0 Å². The van der Waals surface area contributed by atoms with Crippen molar-refractivity contribution in [2.45, 2.75) is 26.2 Å². The molecule has 0 saturated heterocycles. The lowest BCUT2D eigenvalue weighted by Crippen LogP contribution is -2.18. The van der Waals surface area contributed by atoms with Gasteiger partial charge in [-0.2, -0.15) is 0 Å². The number of allylic oxidation sites excluding steroid dienone is 1. The smallest absolute Gasteiger partial charge is 0.124 e. The Kier molecular flexibility index (Phi) is 6.46. The van der Waals surface area contributed by atoms with Crippen molar-refractivity contribution >= 4 is 33.9 Å². The molecule has 0 radical (unpaired) electrons. The number of thiocarbonyl (C=S) groups is 1. The van der Waals surface area contributed by atoms with E-state index in [1.165, 1.54) is 17.7 Å². The summed E-state index contributed by atoms with van der Waals surface area (Å²) in [5.74, 6) is 0.280. The second kappa shape index (κ2) is 8.34. The van der Waals surface area contributed by atoms with Crippen molar-refractivity contribution in [3.05, 3.63) is 41.1 Å². The molecule has 1 aromatic carbocycles. The summed E-state index contributed by atoms with van der Waals surface area (Å²) in [6.45, 7) is 3.40. The average molecular weight is 335 g/mol. The minimum absolute atomic E-state index is 0.280. The fraction of sp³-hybridized carbons (Fsp3) is 0.412. The van der Waals surface area contributed by atoms with Crippen molar-refractivity contribution in [1.29, 1.82) is 0 Å². The number of hydrogen-bond donors (Lipinski definition) is 2. The van der Waals surface area contributed by atoms with E-state index in [0.717, 1.165) is 34.9 Å². The number of thioether (sulfide) groups is 1. The second-order valence-corrected chi connectivity index (χ2v) is 6.70. The normalized spacial score (nSPS) is 15.3. The van der Waals surface area contributed by atoms with Crippen LogP contribution in [0.25, 0.3) is 0 Å². The summed E-state index contributed by atoms with van der Waals surface area (Å²) in [5.41, 5.74) is 4.26. The molecule has 22 heavy (non-hydrogen) atoms. The predicted octanol–water partition coefficient (Wildman–Crippen LogP) is 3.92. The van der Waals surface area contributed by atoms with Crippen LogP contribution in [-0.4, -0.2) is 34.4 Å². The first-order valence-electron chi connectivity index (χ1n) is 7.47. The zero-order valence-corrected chi connectivity index (χ0v) is 14.7. The highest BCUT2D eigenvalue weighted by Gasteiger charge is 2.17. The first kappa shape index (κ1) is 17.0. The lowest BCUT2D eigenvalue weighted by molar-refractivity contribution is 0.474. The van der Waals surface area contributed by atoms with Crippen molar-refractivity contribution in [3.63, 3.8) is 0 Å². The number of rotatable bonds is 6. The number of nitrogens with zero attached hydrogens (tertiary/aromatic N) is 1. The maximum atomic E-state index is 9.81. The largest absolute Gasteiger partial charge is 0.507 e. The van der Waals surface area contributed by atoms with Crippen LogP contribution in [0.2, 0.25) is 0 Å². The molecule has 0 heterocycles. The molecule has 5 heteroatoms. The van der Waals surface area contributed by atoms with Gasteiger partial charge in [-0.15, -0.1) is 11.8 Å².